The predicted molar refractivity (Wildman–Crippen MR) is 107 cm³/mol. The molecule has 0 spiro atoms. The van der Waals surface area contributed by atoms with Crippen LogP contribution in [-0.4, -0.2) is 53.9 Å². The normalized spacial score (nSPS) is 15.1. The van der Waals surface area contributed by atoms with E-state index < -0.39 is 4.92 Å². The molecule has 2 aromatic rings. The second-order valence-corrected chi connectivity index (χ2v) is 7.12. The highest BCUT2D eigenvalue weighted by Crippen LogP contribution is 2.25. The molecular weight excluding hydrogens is 382 g/mol. The second-order valence-electron chi connectivity index (χ2n) is 6.69. The van der Waals surface area contributed by atoms with Crippen LogP contribution in [0.1, 0.15) is 22.3 Å². The van der Waals surface area contributed by atoms with Crippen LogP contribution in [0, 0.1) is 10.1 Å². The molecule has 148 valence electrons. The molecule has 1 aliphatic heterocycles. The third kappa shape index (κ3) is 4.79. The number of carbonyl (C=O) groups is 1. The minimum atomic E-state index is -0.563. The lowest BCUT2D eigenvalue weighted by Gasteiger charge is -2.22. The van der Waals surface area contributed by atoms with Crippen LogP contribution in [0.4, 0.5) is 5.69 Å². The summed E-state index contributed by atoms with van der Waals surface area (Å²) in [4.78, 5) is 27.6. The third-order valence-electron chi connectivity index (χ3n) is 4.83. The Hall–Kier alpha value is -2.64. The van der Waals surface area contributed by atoms with Crippen LogP contribution in [0.3, 0.4) is 0 Å². The molecule has 0 saturated carbocycles. The van der Waals surface area contributed by atoms with Crippen molar-refractivity contribution in [3.05, 3.63) is 68.7 Å². The van der Waals surface area contributed by atoms with Gasteiger partial charge in [0.1, 0.15) is 11.3 Å². The van der Waals surface area contributed by atoms with Gasteiger partial charge in [0, 0.05) is 43.8 Å². The number of halogens is 1. The molecule has 1 saturated heterocycles. The SMILES string of the molecule is COc1ccc(CN2CCCN(C(=O)c3ccc(Cl)cc3[N+](=O)[O-])CC2)cc1. The lowest BCUT2D eigenvalue weighted by molar-refractivity contribution is -0.385. The zero-order chi connectivity index (χ0) is 20.1. The maximum absolute atomic E-state index is 12.9. The van der Waals surface area contributed by atoms with Crippen molar-refractivity contribution in [2.75, 3.05) is 33.3 Å². The fraction of sp³-hybridized carbons (Fsp3) is 0.350. The average molecular weight is 404 g/mol. The molecule has 8 heteroatoms. The van der Waals surface area contributed by atoms with Crippen molar-refractivity contribution in [2.24, 2.45) is 0 Å². The van der Waals surface area contributed by atoms with E-state index in [4.69, 9.17) is 16.3 Å². The number of carbonyl (C=O) groups excluding carboxylic acids is 1. The number of amides is 1. The molecule has 0 N–H and O–H groups in total. The number of ether oxygens (including phenoxy) is 1. The number of nitrogens with zero attached hydrogens (tertiary/aromatic N) is 3. The summed E-state index contributed by atoms with van der Waals surface area (Å²) < 4.78 is 5.18. The van der Waals surface area contributed by atoms with Gasteiger partial charge in [-0.15, -0.1) is 0 Å². The van der Waals surface area contributed by atoms with Crippen molar-refractivity contribution in [3.8, 4) is 5.75 Å². The van der Waals surface area contributed by atoms with Gasteiger partial charge in [-0.2, -0.15) is 0 Å². The number of nitro benzene ring substituents is 1. The topological polar surface area (TPSA) is 75.9 Å². The summed E-state index contributed by atoms with van der Waals surface area (Å²) in [6, 6.07) is 12.1. The molecule has 1 aliphatic rings. The standard InChI is InChI=1S/C20H22ClN3O4/c1-28-17-6-3-15(4-7-17)14-22-9-2-10-23(12-11-22)20(25)18-8-5-16(21)13-19(18)24(26)27/h3-8,13H,2,9-12,14H2,1H3. The summed E-state index contributed by atoms with van der Waals surface area (Å²) in [5.41, 5.74) is 1.00. The van der Waals surface area contributed by atoms with Crippen LogP contribution in [0.15, 0.2) is 42.5 Å². The Bertz CT molecular complexity index is 857. The van der Waals surface area contributed by atoms with Crippen molar-refractivity contribution < 1.29 is 14.5 Å². The van der Waals surface area contributed by atoms with E-state index in [1.54, 1.807) is 12.0 Å². The third-order valence-corrected chi connectivity index (χ3v) is 5.06. The van der Waals surface area contributed by atoms with Crippen molar-refractivity contribution in [3.63, 3.8) is 0 Å². The summed E-state index contributed by atoms with van der Waals surface area (Å²) >= 11 is 5.85. The molecule has 2 aromatic carbocycles. The highest BCUT2D eigenvalue weighted by atomic mass is 35.5. The van der Waals surface area contributed by atoms with Gasteiger partial charge in [0.05, 0.1) is 12.0 Å². The predicted octanol–water partition coefficient (Wildman–Crippen LogP) is 3.60. The van der Waals surface area contributed by atoms with Gasteiger partial charge < -0.3 is 9.64 Å². The minimum absolute atomic E-state index is 0.0815. The van der Waals surface area contributed by atoms with Gasteiger partial charge >= 0.3 is 0 Å². The molecule has 1 heterocycles. The van der Waals surface area contributed by atoms with E-state index in [2.05, 4.69) is 4.90 Å². The molecule has 7 nitrogen and oxygen atoms in total. The Morgan fingerprint density at radius 1 is 1.14 bits per heavy atom. The molecule has 0 aromatic heterocycles. The van der Waals surface area contributed by atoms with Gasteiger partial charge in [-0.25, -0.2) is 0 Å². The number of methoxy groups -OCH3 is 1. The van der Waals surface area contributed by atoms with E-state index in [9.17, 15) is 14.9 Å². The van der Waals surface area contributed by atoms with Crippen LogP contribution >= 0.6 is 11.6 Å². The van der Waals surface area contributed by atoms with Crippen molar-refractivity contribution >= 4 is 23.2 Å². The molecule has 0 aliphatic carbocycles. The van der Waals surface area contributed by atoms with E-state index in [0.29, 0.717) is 19.6 Å². The first-order valence-electron chi connectivity index (χ1n) is 9.06. The smallest absolute Gasteiger partial charge is 0.283 e. The summed E-state index contributed by atoms with van der Waals surface area (Å²) in [6.07, 6.45) is 0.809. The van der Waals surface area contributed by atoms with Gasteiger partial charge in [-0.1, -0.05) is 23.7 Å². The number of hydrogen-bond donors (Lipinski definition) is 0. The van der Waals surface area contributed by atoms with Crippen LogP contribution in [0.5, 0.6) is 5.75 Å². The number of rotatable bonds is 5. The number of nitro groups is 1. The minimum Gasteiger partial charge on any atom is -0.497 e. The zero-order valence-corrected chi connectivity index (χ0v) is 16.4. The molecule has 0 atom stereocenters. The molecular formula is C20H22ClN3O4. The quantitative estimate of drug-likeness (QED) is 0.563. The molecule has 0 unspecified atom stereocenters. The van der Waals surface area contributed by atoms with Crippen LogP contribution in [-0.2, 0) is 6.54 Å². The van der Waals surface area contributed by atoms with Gasteiger partial charge in [-0.3, -0.25) is 19.8 Å². The lowest BCUT2D eigenvalue weighted by Crippen LogP contribution is -2.35. The summed E-state index contributed by atoms with van der Waals surface area (Å²) in [7, 11) is 1.64. The van der Waals surface area contributed by atoms with E-state index in [0.717, 1.165) is 25.3 Å². The monoisotopic (exact) mass is 403 g/mol. The highest BCUT2D eigenvalue weighted by Gasteiger charge is 2.26. The van der Waals surface area contributed by atoms with E-state index in [1.807, 2.05) is 24.3 Å². The zero-order valence-electron chi connectivity index (χ0n) is 15.6. The first kappa shape index (κ1) is 20.1. The Labute approximate surface area is 168 Å². The van der Waals surface area contributed by atoms with E-state index in [-0.39, 0.29) is 22.2 Å². The lowest BCUT2D eigenvalue weighted by atomic mass is 10.1. The highest BCUT2D eigenvalue weighted by molar-refractivity contribution is 6.31. The molecule has 0 bridgehead atoms. The fourth-order valence-corrected chi connectivity index (χ4v) is 3.49. The largest absolute Gasteiger partial charge is 0.497 e. The fourth-order valence-electron chi connectivity index (χ4n) is 3.33. The van der Waals surface area contributed by atoms with E-state index >= 15 is 0 Å². The first-order valence-corrected chi connectivity index (χ1v) is 9.44. The van der Waals surface area contributed by atoms with Gasteiger partial charge in [0.15, 0.2) is 0 Å². The first-order chi connectivity index (χ1) is 13.5. The Kier molecular flexibility index (Phi) is 6.49. The maximum Gasteiger partial charge on any atom is 0.283 e. The van der Waals surface area contributed by atoms with E-state index in [1.165, 1.54) is 23.8 Å². The van der Waals surface area contributed by atoms with Crippen molar-refractivity contribution in [1.29, 1.82) is 0 Å². The van der Waals surface area contributed by atoms with Crippen LogP contribution in [0.2, 0.25) is 5.02 Å². The summed E-state index contributed by atoms with van der Waals surface area (Å²) in [6.45, 7) is 3.44. The van der Waals surface area contributed by atoms with Gasteiger partial charge in [0.2, 0.25) is 0 Å². The van der Waals surface area contributed by atoms with Gasteiger partial charge in [0.25, 0.3) is 11.6 Å². The maximum atomic E-state index is 12.9. The van der Waals surface area contributed by atoms with Crippen LogP contribution < -0.4 is 4.74 Å². The molecule has 3 rings (SSSR count). The van der Waals surface area contributed by atoms with Crippen molar-refractivity contribution in [2.45, 2.75) is 13.0 Å². The summed E-state index contributed by atoms with van der Waals surface area (Å²) in [5.74, 6) is 0.496. The Morgan fingerprint density at radius 3 is 2.57 bits per heavy atom. The molecule has 28 heavy (non-hydrogen) atoms. The molecule has 1 fully saturated rings. The second kappa shape index (κ2) is 9.03. The Balaban J connectivity index is 1.66. The molecule has 1 amide bonds. The molecule has 0 radical (unpaired) electrons. The van der Waals surface area contributed by atoms with Crippen molar-refractivity contribution in [1.82, 2.24) is 9.80 Å². The van der Waals surface area contributed by atoms with Crippen LogP contribution in [0.25, 0.3) is 0 Å². The summed E-state index contributed by atoms with van der Waals surface area (Å²) in [5, 5.41) is 11.5. The Morgan fingerprint density at radius 2 is 1.89 bits per heavy atom. The van der Waals surface area contributed by atoms with Gasteiger partial charge in [-0.05, 0) is 36.2 Å². The number of benzene rings is 2. The number of hydrogen-bond acceptors (Lipinski definition) is 5. The average Bonchev–Trinajstić information content (AvgIpc) is 2.93.